The van der Waals surface area contributed by atoms with E-state index < -0.39 is 15.1 Å². The highest BCUT2D eigenvalue weighted by atomic mass is 35.5. The second kappa shape index (κ2) is 4.73. The summed E-state index contributed by atoms with van der Waals surface area (Å²) < 4.78 is 24.0. The smallest absolute Gasteiger partial charge is 0.196 e. The Morgan fingerprint density at radius 3 is 2.69 bits per heavy atom. The van der Waals surface area contributed by atoms with Gasteiger partial charge in [-0.25, -0.2) is 8.42 Å². The first-order valence-corrected chi connectivity index (χ1v) is 6.54. The molecular formula is C10H11ClN2O2S. The fourth-order valence-corrected chi connectivity index (χ4v) is 3.10. The van der Waals surface area contributed by atoms with Crippen LogP contribution in [-0.2, 0) is 9.84 Å². The van der Waals surface area contributed by atoms with Crippen molar-refractivity contribution in [2.45, 2.75) is 23.5 Å². The molecule has 0 aliphatic heterocycles. The van der Waals surface area contributed by atoms with Crippen LogP contribution in [0.15, 0.2) is 23.1 Å². The molecule has 0 spiro atoms. The van der Waals surface area contributed by atoms with Gasteiger partial charge in [-0.3, -0.25) is 0 Å². The van der Waals surface area contributed by atoms with Crippen LogP contribution in [0.1, 0.15) is 13.3 Å². The zero-order valence-electron chi connectivity index (χ0n) is 8.64. The number of nitrogens with two attached hydrogens (primary N) is 1. The molecule has 0 bridgehead atoms. The molecule has 1 unspecified atom stereocenters. The predicted octanol–water partition coefficient (Wildman–Crippen LogP) is 2.00. The van der Waals surface area contributed by atoms with E-state index in [0.29, 0.717) is 0 Å². The lowest BCUT2D eigenvalue weighted by Gasteiger charge is -2.10. The summed E-state index contributed by atoms with van der Waals surface area (Å²) in [5, 5.41) is 7.97. The van der Waals surface area contributed by atoms with Crippen LogP contribution in [0.3, 0.4) is 0 Å². The molecule has 4 nitrogen and oxygen atoms in total. The Morgan fingerprint density at radius 1 is 1.56 bits per heavy atom. The van der Waals surface area contributed by atoms with E-state index in [2.05, 4.69) is 0 Å². The van der Waals surface area contributed by atoms with Gasteiger partial charge in [0, 0.05) is 5.02 Å². The van der Waals surface area contributed by atoms with E-state index >= 15 is 0 Å². The molecule has 86 valence electrons. The van der Waals surface area contributed by atoms with Gasteiger partial charge in [-0.2, -0.15) is 5.26 Å². The molecule has 1 rings (SSSR count). The molecule has 0 amide bonds. The standard InChI is InChI=1S/C10H11ClN2O2S/c1-2-8(6-12)16(14,15)10-5-7(11)3-4-9(10)13/h3-5,8H,2,13H2,1H3. The van der Waals surface area contributed by atoms with E-state index in [1.165, 1.54) is 18.2 Å². The molecular weight excluding hydrogens is 248 g/mol. The molecule has 16 heavy (non-hydrogen) atoms. The molecule has 0 aliphatic carbocycles. The second-order valence-electron chi connectivity index (χ2n) is 3.25. The number of hydrogen-bond donors (Lipinski definition) is 1. The van der Waals surface area contributed by atoms with Crippen LogP contribution in [-0.4, -0.2) is 13.7 Å². The third-order valence-corrected chi connectivity index (χ3v) is 4.56. The summed E-state index contributed by atoms with van der Waals surface area (Å²) in [5.74, 6) is 0. The largest absolute Gasteiger partial charge is 0.398 e. The number of sulfone groups is 1. The molecule has 0 aromatic heterocycles. The quantitative estimate of drug-likeness (QED) is 0.841. The number of benzene rings is 1. The minimum absolute atomic E-state index is 0.0756. The molecule has 1 atom stereocenters. The van der Waals surface area contributed by atoms with E-state index in [-0.39, 0.29) is 22.0 Å². The number of halogens is 1. The van der Waals surface area contributed by atoms with Crippen LogP contribution in [0.4, 0.5) is 5.69 Å². The predicted molar refractivity (Wildman–Crippen MR) is 62.7 cm³/mol. The van der Waals surface area contributed by atoms with E-state index in [4.69, 9.17) is 22.6 Å². The van der Waals surface area contributed by atoms with Crippen molar-refractivity contribution in [3.05, 3.63) is 23.2 Å². The fraction of sp³-hybridized carbons (Fsp3) is 0.300. The number of nitrogens with zero attached hydrogens (tertiary/aromatic N) is 1. The number of hydrogen-bond acceptors (Lipinski definition) is 4. The van der Waals surface area contributed by atoms with Gasteiger partial charge in [0.1, 0.15) is 0 Å². The van der Waals surface area contributed by atoms with Gasteiger partial charge in [0.15, 0.2) is 15.1 Å². The molecule has 0 saturated carbocycles. The lowest BCUT2D eigenvalue weighted by atomic mass is 10.3. The highest BCUT2D eigenvalue weighted by molar-refractivity contribution is 7.92. The highest BCUT2D eigenvalue weighted by Gasteiger charge is 2.27. The van der Waals surface area contributed by atoms with Gasteiger partial charge in [-0.15, -0.1) is 0 Å². The fourth-order valence-electron chi connectivity index (χ4n) is 1.29. The first kappa shape index (κ1) is 12.8. The van der Waals surface area contributed by atoms with Crippen molar-refractivity contribution in [1.29, 1.82) is 5.26 Å². The van der Waals surface area contributed by atoms with Crippen molar-refractivity contribution >= 4 is 27.1 Å². The third kappa shape index (κ3) is 2.29. The Labute approximate surface area is 99.6 Å². The molecule has 0 saturated heterocycles. The number of rotatable bonds is 3. The molecule has 0 aliphatic rings. The Kier molecular flexibility index (Phi) is 3.79. The van der Waals surface area contributed by atoms with Gasteiger partial charge in [-0.05, 0) is 24.6 Å². The van der Waals surface area contributed by atoms with Crippen LogP contribution >= 0.6 is 11.6 Å². The summed E-state index contributed by atoms with van der Waals surface area (Å²) in [6.45, 7) is 1.63. The van der Waals surface area contributed by atoms with Gasteiger partial charge in [0.2, 0.25) is 0 Å². The van der Waals surface area contributed by atoms with Gasteiger partial charge >= 0.3 is 0 Å². The molecule has 6 heteroatoms. The SMILES string of the molecule is CCC(C#N)S(=O)(=O)c1cc(Cl)ccc1N. The normalized spacial score (nSPS) is 13.1. The van der Waals surface area contributed by atoms with Crippen molar-refractivity contribution in [3.63, 3.8) is 0 Å². The zero-order valence-corrected chi connectivity index (χ0v) is 10.2. The van der Waals surface area contributed by atoms with E-state index in [1.54, 1.807) is 13.0 Å². The average Bonchev–Trinajstić information content (AvgIpc) is 2.23. The van der Waals surface area contributed by atoms with Crippen LogP contribution in [0.5, 0.6) is 0 Å². The van der Waals surface area contributed by atoms with Crippen molar-refractivity contribution < 1.29 is 8.42 Å². The first-order chi connectivity index (χ1) is 7.43. The Balaban J connectivity index is 3.39. The topological polar surface area (TPSA) is 84.0 Å². The van der Waals surface area contributed by atoms with Crippen molar-refractivity contribution in [3.8, 4) is 6.07 Å². The van der Waals surface area contributed by atoms with Crippen LogP contribution in [0.25, 0.3) is 0 Å². The maximum Gasteiger partial charge on any atom is 0.196 e. The summed E-state index contributed by atoms with van der Waals surface area (Å²) in [6.07, 6.45) is 0.213. The van der Waals surface area contributed by atoms with E-state index in [9.17, 15) is 8.42 Å². The highest BCUT2D eigenvalue weighted by Crippen LogP contribution is 2.26. The van der Waals surface area contributed by atoms with Crippen molar-refractivity contribution in [1.82, 2.24) is 0 Å². The molecule has 1 aromatic rings. The summed E-state index contributed by atoms with van der Waals surface area (Å²) in [4.78, 5) is -0.0756. The Bertz CT molecular complexity index is 534. The zero-order chi connectivity index (χ0) is 12.3. The summed E-state index contributed by atoms with van der Waals surface area (Å²) >= 11 is 5.71. The maximum absolute atomic E-state index is 12.0. The monoisotopic (exact) mass is 258 g/mol. The molecule has 2 N–H and O–H groups in total. The van der Waals surface area contributed by atoms with Gasteiger partial charge < -0.3 is 5.73 Å². The third-order valence-electron chi connectivity index (χ3n) is 2.17. The Morgan fingerprint density at radius 2 is 2.19 bits per heavy atom. The van der Waals surface area contributed by atoms with Gasteiger partial charge in [0.25, 0.3) is 0 Å². The molecule has 1 aromatic carbocycles. The Hall–Kier alpha value is -1.25. The number of nitrogen functional groups attached to an aromatic ring is 1. The number of nitriles is 1. The second-order valence-corrected chi connectivity index (χ2v) is 5.79. The van der Waals surface area contributed by atoms with Crippen LogP contribution in [0.2, 0.25) is 5.02 Å². The summed E-state index contributed by atoms with van der Waals surface area (Å²) in [6, 6.07) is 5.94. The van der Waals surface area contributed by atoms with E-state index in [1.807, 2.05) is 0 Å². The molecule has 0 radical (unpaired) electrons. The minimum atomic E-state index is -3.72. The lowest BCUT2D eigenvalue weighted by Crippen LogP contribution is -2.19. The van der Waals surface area contributed by atoms with Crippen molar-refractivity contribution in [2.24, 2.45) is 0 Å². The molecule has 0 heterocycles. The summed E-state index contributed by atoms with van der Waals surface area (Å²) in [7, 11) is -3.72. The van der Waals surface area contributed by atoms with Crippen LogP contribution < -0.4 is 5.73 Å². The maximum atomic E-state index is 12.0. The lowest BCUT2D eigenvalue weighted by molar-refractivity contribution is 0.588. The number of anilines is 1. The van der Waals surface area contributed by atoms with Crippen molar-refractivity contribution in [2.75, 3.05) is 5.73 Å². The van der Waals surface area contributed by atoms with Crippen LogP contribution in [0, 0.1) is 11.3 Å². The average molecular weight is 259 g/mol. The van der Waals surface area contributed by atoms with E-state index in [0.717, 1.165) is 0 Å². The summed E-state index contributed by atoms with van der Waals surface area (Å²) in [5.41, 5.74) is 5.68. The van der Waals surface area contributed by atoms with Gasteiger partial charge in [-0.1, -0.05) is 18.5 Å². The molecule has 0 fully saturated rings. The first-order valence-electron chi connectivity index (χ1n) is 4.62. The minimum Gasteiger partial charge on any atom is -0.398 e. The van der Waals surface area contributed by atoms with Gasteiger partial charge in [0.05, 0.1) is 16.7 Å².